The molecule has 0 unspecified atom stereocenters. The van der Waals surface area contributed by atoms with Crippen molar-refractivity contribution in [2.75, 3.05) is 0 Å². The quantitative estimate of drug-likeness (QED) is 0.294. The van der Waals surface area contributed by atoms with E-state index in [1.807, 2.05) is 11.3 Å². The fourth-order valence-electron chi connectivity index (χ4n) is 4.49. The van der Waals surface area contributed by atoms with Crippen LogP contribution in [0.15, 0.2) is 91.0 Å². The highest BCUT2D eigenvalue weighted by Gasteiger charge is 2.30. The zero-order valence-corrected chi connectivity index (χ0v) is 15.0. The van der Waals surface area contributed by atoms with Crippen molar-refractivity contribution in [2.24, 2.45) is 0 Å². The van der Waals surface area contributed by atoms with E-state index in [0.29, 0.717) is 5.92 Å². The van der Waals surface area contributed by atoms with Crippen molar-refractivity contribution in [3.05, 3.63) is 108 Å². The van der Waals surface area contributed by atoms with Gasteiger partial charge in [-0.1, -0.05) is 84.9 Å². The van der Waals surface area contributed by atoms with Crippen LogP contribution in [0.5, 0.6) is 0 Å². The van der Waals surface area contributed by atoms with E-state index in [1.165, 1.54) is 48.0 Å². The molecule has 0 saturated carbocycles. The van der Waals surface area contributed by atoms with E-state index in [9.17, 15) is 0 Å². The molecule has 0 aliphatic heterocycles. The summed E-state index contributed by atoms with van der Waals surface area (Å²) in [7, 11) is 0. The van der Waals surface area contributed by atoms with Crippen LogP contribution in [0.3, 0.4) is 0 Å². The van der Waals surface area contributed by atoms with Crippen molar-refractivity contribution in [3.8, 4) is 11.1 Å². The van der Waals surface area contributed by atoms with E-state index in [1.54, 1.807) is 0 Å². The number of fused-ring (bicyclic) bond motifs is 6. The molecular formula is C25H16S. The molecule has 5 aromatic rings. The van der Waals surface area contributed by atoms with Crippen LogP contribution < -0.4 is 0 Å². The van der Waals surface area contributed by atoms with E-state index in [4.69, 9.17) is 0 Å². The summed E-state index contributed by atoms with van der Waals surface area (Å²) >= 11 is 1.92. The molecule has 0 N–H and O–H groups in total. The average Bonchev–Trinajstić information content (AvgIpc) is 3.24. The summed E-state index contributed by atoms with van der Waals surface area (Å²) in [5.74, 6) is 0.319. The predicted octanol–water partition coefficient (Wildman–Crippen LogP) is 7.22. The summed E-state index contributed by atoms with van der Waals surface area (Å²) in [6, 6.07) is 33.3. The summed E-state index contributed by atoms with van der Waals surface area (Å²) in [4.78, 5) is 0. The van der Waals surface area contributed by atoms with Crippen LogP contribution in [0.2, 0.25) is 0 Å². The molecule has 0 fully saturated rings. The lowest BCUT2D eigenvalue weighted by Crippen LogP contribution is -1.99. The maximum atomic E-state index is 2.32. The Bertz CT molecular complexity index is 1250. The molecule has 122 valence electrons. The maximum Gasteiger partial charge on any atom is 0.0397 e. The van der Waals surface area contributed by atoms with Crippen LogP contribution in [0.4, 0.5) is 0 Å². The van der Waals surface area contributed by atoms with E-state index in [-0.39, 0.29) is 0 Å². The molecule has 0 nitrogen and oxygen atoms in total. The third kappa shape index (κ3) is 1.84. The molecule has 1 aromatic heterocycles. The first-order valence-electron chi connectivity index (χ1n) is 9.00. The molecule has 4 aromatic carbocycles. The Kier molecular flexibility index (Phi) is 2.91. The van der Waals surface area contributed by atoms with Gasteiger partial charge in [-0.3, -0.25) is 0 Å². The minimum absolute atomic E-state index is 0.319. The molecule has 1 heteroatoms. The summed E-state index contributed by atoms with van der Waals surface area (Å²) < 4.78 is 2.79. The molecule has 0 bridgehead atoms. The van der Waals surface area contributed by atoms with Gasteiger partial charge in [-0.25, -0.2) is 0 Å². The molecule has 1 heterocycles. The Morgan fingerprint density at radius 1 is 0.500 bits per heavy atom. The molecule has 0 amide bonds. The van der Waals surface area contributed by atoms with E-state index in [0.717, 1.165) is 0 Å². The number of hydrogen-bond acceptors (Lipinski definition) is 1. The minimum atomic E-state index is 0.319. The molecule has 0 radical (unpaired) electrons. The second-order valence-electron chi connectivity index (χ2n) is 6.93. The number of thiophene rings is 1. The zero-order chi connectivity index (χ0) is 17.1. The van der Waals surface area contributed by atoms with Gasteiger partial charge in [0.2, 0.25) is 0 Å². The van der Waals surface area contributed by atoms with E-state index in [2.05, 4.69) is 91.0 Å². The lowest BCUT2D eigenvalue weighted by atomic mass is 9.88. The van der Waals surface area contributed by atoms with Crippen molar-refractivity contribution >= 4 is 31.5 Å². The Balaban J connectivity index is 1.71. The fourth-order valence-corrected chi connectivity index (χ4v) is 5.73. The molecule has 1 aliphatic carbocycles. The average molecular weight is 348 g/mol. The number of benzene rings is 4. The van der Waals surface area contributed by atoms with Gasteiger partial charge >= 0.3 is 0 Å². The van der Waals surface area contributed by atoms with Crippen LogP contribution in [0.25, 0.3) is 31.3 Å². The monoisotopic (exact) mass is 348 g/mol. The first-order valence-corrected chi connectivity index (χ1v) is 9.82. The molecule has 0 spiro atoms. The molecular weight excluding hydrogens is 332 g/mol. The van der Waals surface area contributed by atoms with Crippen LogP contribution in [-0.2, 0) is 0 Å². The Morgan fingerprint density at radius 3 is 1.85 bits per heavy atom. The first kappa shape index (κ1) is 14.3. The van der Waals surface area contributed by atoms with Crippen LogP contribution in [0.1, 0.15) is 22.6 Å². The van der Waals surface area contributed by atoms with Crippen molar-refractivity contribution in [2.45, 2.75) is 5.92 Å². The number of rotatable bonds is 1. The van der Waals surface area contributed by atoms with Crippen molar-refractivity contribution in [1.29, 1.82) is 0 Å². The minimum Gasteiger partial charge on any atom is -0.135 e. The second kappa shape index (κ2) is 5.30. The number of hydrogen-bond donors (Lipinski definition) is 0. The van der Waals surface area contributed by atoms with Crippen molar-refractivity contribution in [1.82, 2.24) is 0 Å². The van der Waals surface area contributed by atoms with E-state index < -0.39 is 0 Å². The smallest absolute Gasteiger partial charge is 0.0397 e. The van der Waals surface area contributed by atoms with Gasteiger partial charge < -0.3 is 0 Å². The third-order valence-electron chi connectivity index (χ3n) is 5.58. The van der Waals surface area contributed by atoms with Gasteiger partial charge in [0.15, 0.2) is 0 Å². The van der Waals surface area contributed by atoms with Crippen LogP contribution in [-0.4, -0.2) is 0 Å². The largest absolute Gasteiger partial charge is 0.135 e. The zero-order valence-electron chi connectivity index (χ0n) is 14.1. The summed E-state index contributed by atoms with van der Waals surface area (Å²) in [5, 5.41) is 2.75. The molecule has 0 atom stereocenters. The molecule has 0 saturated heterocycles. The Hall–Kier alpha value is -2.90. The SMILES string of the molecule is c1ccc2c(c1)-c1ccccc1C2c1cccc2c1sc1ccccc12. The maximum absolute atomic E-state index is 2.32. The van der Waals surface area contributed by atoms with Gasteiger partial charge in [0.1, 0.15) is 0 Å². The standard InChI is InChI=1S/C25H16S/c1-3-11-19-16(8-1)17-9-2-4-12-20(17)24(19)22-14-7-13-21-18-10-5-6-15-23(18)26-25(21)22/h1-15,24H. The van der Waals surface area contributed by atoms with Gasteiger partial charge in [0.25, 0.3) is 0 Å². The fraction of sp³-hybridized carbons (Fsp3) is 0.0400. The first-order chi connectivity index (χ1) is 12.9. The highest BCUT2D eigenvalue weighted by molar-refractivity contribution is 7.26. The van der Waals surface area contributed by atoms with Crippen molar-refractivity contribution < 1.29 is 0 Å². The Morgan fingerprint density at radius 2 is 1.08 bits per heavy atom. The highest BCUT2D eigenvalue weighted by Crippen LogP contribution is 2.50. The lowest BCUT2D eigenvalue weighted by Gasteiger charge is -2.15. The molecule has 26 heavy (non-hydrogen) atoms. The van der Waals surface area contributed by atoms with Gasteiger partial charge in [-0.05, 0) is 33.9 Å². The summed E-state index contributed by atoms with van der Waals surface area (Å²) in [5.41, 5.74) is 7.05. The lowest BCUT2D eigenvalue weighted by molar-refractivity contribution is 1.03. The predicted molar refractivity (Wildman–Crippen MR) is 112 cm³/mol. The van der Waals surface area contributed by atoms with Crippen molar-refractivity contribution in [3.63, 3.8) is 0 Å². The Labute approximate surface area is 156 Å². The van der Waals surface area contributed by atoms with Gasteiger partial charge in [-0.15, -0.1) is 11.3 Å². The van der Waals surface area contributed by atoms with Crippen LogP contribution in [0, 0.1) is 0 Å². The van der Waals surface area contributed by atoms with E-state index >= 15 is 0 Å². The highest BCUT2D eigenvalue weighted by atomic mass is 32.1. The van der Waals surface area contributed by atoms with Crippen LogP contribution >= 0.6 is 11.3 Å². The second-order valence-corrected chi connectivity index (χ2v) is 7.98. The van der Waals surface area contributed by atoms with Gasteiger partial charge in [0, 0.05) is 26.1 Å². The van der Waals surface area contributed by atoms with Gasteiger partial charge in [0.05, 0.1) is 0 Å². The summed E-state index contributed by atoms with van der Waals surface area (Å²) in [6.45, 7) is 0. The summed E-state index contributed by atoms with van der Waals surface area (Å²) in [6.07, 6.45) is 0. The normalized spacial score (nSPS) is 13.2. The van der Waals surface area contributed by atoms with Gasteiger partial charge in [-0.2, -0.15) is 0 Å². The topological polar surface area (TPSA) is 0 Å². The molecule has 1 aliphatic rings. The third-order valence-corrected chi connectivity index (χ3v) is 6.82. The molecule has 6 rings (SSSR count).